The molecule has 0 unspecified atom stereocenters. The Morgan fingerprint density at radius 2 is 1.84 bits per heavy atom. The van der Waals surface area contributed by atoms with Crippen LogP contribution >= 0.6 is 0 Å². The van der Waals surface area contributed by atoms with E-state index in [1.807, 2.05) is 31.2 Å². The normalized spacial score (nSPS) is 16.4. The van der Waals surface area contributed by atoms with Crippen LogP contribution in [0.3, 0.4) is 0 Å². The number of carbonyl (C=O) groups is 1. The van der Waals surface area contributed by atoms with Gasteiger partial charge in [-0.3, -0.25) is 9.69 Å². The fourth-order valence-electron chi connectivity index (χ4n) is 2.14. The molecule has 0 aliphatic carbocycles. The van der Waals surface area contributed by atoms with Gasteiger partial charge in [0.05, 0.1) is 6.61 Å². The SMILES string of the molecule is CCOc1cccc(OCCN2CCC(=O)CC2)c1. The van der Waals surface area contributed by atoms with Crippen LogP contribution in [0.25, 0.3) is 0 Å². The molecule has 0 spiro atoms. The second kappa shape index (κ2) is 7.14. The van der Waals surface area contributed by atoms with Gasteiger partial charge in [-0.25, -0.2) is 0 Å². The standard InChI is InChI=1S/C15H21NO3/c1-2-18-14-4-3-5-15(12-14)19-11-10-16-8-6-13(17)7-9-16/h3-5,12H,2,6-11H2,1H3. The summed E-state index contributed by atoms with van der Waals surface area (Å²) in [6.45, 7) is 5.86. The molecule has 0 radical (unpaired) electrons. The first-order valence-corrected chi connectivity index (χ1v) is 6.87. The van der Waals surface area contributed by atoms with E-state index in [9.17, 15) is 4.79 Å². The minimum atomic E-state index is 0.376. The Balaban J connectivity index is 1.73. The van der Waals surface area contributed by atoms with Gasteiger partial charge in [0.2, 0.25) is 0 Å². The molecule has 1 heterocycles. The maximum absolute atomic E-state index is 11.1. The maximum Gasteiger partial charge on any atom is 0.135 e. The van der Waals surface area contributed by atoms with Crippen LogP contribution in [0, 0.1) is 0 Å². The van der Waals surface area contributed by atoms with Crippen molar-refractivity contribution < 1.29 is 14.3 Å². The highest BCUT2D eigenvalue weighted by Crippen LogP contribution is 2.19. The number of rotatable bonds is 6. The van der Waals surface area contributed by atoms with Crippen LogP contribution in [0.5, 0.6) is 11.5 Å². The Morgan fingerprint density at radius 3 is 2.53 bits per heavy atom. The van der Waals surface area contributed by atoms with E-state index >= 15 is 0 Å². The minimum absolute atomic E-state index is 0.376. The summed E-state index contributed by atoms with van der Waals surface area (Å²) in [6, 6.07) is 7.69. The molecule has 0 bridgehead atoms. The number of nitrogens with zero attached hydrogens (tertiary/aromatic N) is 1. The molecular weight excluding hydrogens is 242 g/mol. The summed E-state index contributed by atoms with van der Waals surface area (Å²) >= 11 is 0. The molecule has 0 aromatic heterocycles. The molecule has 1 fully saturated rings. The summed E-state index contributed by atoms with van der Waals surface area (Å²) in [5, 5.41) is 0. The van der Waals surface area contributed by atoms with Crippen molar-refractivity contribution in [3.63, 3.8) is 0 Å². The van der Waals surface area contributed by atoms with Gasteiger partial charge in [0.1, 0.15) is 23.9 Å². The Kier molecular flexibility index (Phi) is 5.21. The van der Waals surface area contributed by atoms with Crippen molar-refractivity contribution in [1.29, 1.82) is 0 Å². The van der Waals surface area contributed by atoms with Gasteiger partial charge in [0.25, 0.3) is 0 Å². The number of ketones is 1. The molecule has 19 heavy (non-hydrogen) atoms. The summed E-state index contributed by atoms with van der Waals surface area (Å²) in [5.74, 6) is 2.05. The molecule has 0 atom stereocenters. The van der Waals surface area contributed by atoms with E-state index < -0.39 is 0 Å². The van der Waals surface area contributed by atoms with Crippen molar-refractivity contribution in [2.75, 3.05) is 32.8 Å². The second-order valence-electron chi connectivity index (χ2n) is 4.64. The Bertz CT molecular complexity index is 410. The number of piperidine rings is 1. The highest BCUT2D eigenvalue weighted by molar-refractivity contribution is 5.79. The summed E-state index contributed by atoms with van der Waals surface area (Å²) < 4.78 is 11.1. The molecule has 0 amide bonds. The topological polar surface area (TPSA) is 38.8 Å². The third-order valence-electron chi connectivity index (χ3n) is 3.21. The zero-order valence-corrected chi connectivity index (χ0v) is 11.4. The van der Waals surface area contributed by atoms with Crippen LogP contribution < -0.4 is 9.47 Å². The molecule has 4 nitrogen and oxygen atoms in total. The lowest BCUT2D eigenvalue weighted by molar-refractivity contribution is -0.121. The highest BCUT2D eigenvalue weighted by Gasteiger charge is 2.15. The van der Waals surface area contributed by atoms with Crippen LogP contribution in [-0.2, 0) is 4.79 Å². The van der Waals surface area contributed by atoms with E-state index in [2.05, 4.69) is 4.90 Å². The summed E-state index contributed by atoms with van der Waals surface area (Å²) in [5.41, 5.74) is 0. The number of hydrogen-bond acceptors (Lipinski definition) is 4. The average Bonchev–Trinajstić information content (AvgIpc) is 2.42. The molecule has 1 aliphatic heterocycles. The predicted octanol–water partition coefficient (Wildman–Crippen LogP) is 2.13. The lowest BCUT2D eigenvalue weighted by Gasteiger charge is -2.25. The maximum atomic E-state index is 11.1. The first-order chi connectivity index (χ1) is 9.28. The number of benzene rings is 1. The highest BCUT2D eigenvalue weighted by atomic mass is 16.5. The van der Waals surface area contributed by atoms with Crippen LogP contribution in [-0.4, -0.2) is 43.5 Å². The van der Waals surface area contributed by atoms with Crippen LogP contribution in [0.4, 0.5) is 0 Å². The van der Waals surface area contributed by atoms with Gasteiger partial charge in [-0.15, -0.1) is 0 Å². The van der Waals surface area contributed by atoms with Crippen molar-refractivity contribution in [3.05, 3.63) is 24.3 Å². The van der Waals surface area contributed by atoms with Crippen molar-refractivity contribution >= 4 is 5.78 Å². The predicted molar refractivity (Wildman–Crippen MR) is 73.8 cm³/mol. The number of carbonyl (C=O) groups excluding carboxylic acids is 1. The molecule has 1 aromatic rings. The van der Waals surface area contributed by atoms with Gasteiger partial charge in [-0.1, -0.05) is 6.07 Å². The molecule has 0 saturated carbocycles. The minimum Gasteiger partial charge on any atom is -0.494 e. The third-order valence-corrected chi connectivity index (χ3v) is 3.21. The zero-order valence-electron chi connectivity index (χ0n) is 11.4. The number of Topliss-reactive ketones (excluding diaryl/α,β-unsaturated/α-hetero) is 1. The van der Waals surface area contributed by atoms with Crippen molar-refractivity contribution in [1.82, 2.24) is 4.90 Å². The largest absolute Gasteiger partial charge is 0.494 e. The van der Waals surface area contributed by atoms with Gasteiger partial charge in [-0.2, -0.15) is 0 Å². The second-order valence-corrected chi connectivity index (χ2v) is 4.64. The quantitative estimate of drug-likeness (QED) is 0.788. The first kappa shape index (κ1) is 13.9. The molecule has 2 rings (SSSR count). The summed E-state index contributed by atoms with van der Waals surface area (Å²) in [4.78, 5) is 13.4. The lowest BCUT2D eigenvalue weighted by Crippen LogP contribution is -2.36. The Labute approximate surface area is 114 Å². The van der Waals surface area contributed by atoms with E-state index in [1.54, 1.807) is 0 Å². The molecule has 4 heteroatoms. The van der Waals surface area contributed by atoms with E-state index in [4.69, 9.17) is 9.47 Å². The Hall–Kier alpha value is -1.55. The number of ether oxygens (including phenoxy) is 2. The summed E-state index contributed by atoms with van der Waals surface area (Å²) in [7, 11) is 0. The number of likely N-dealkylation sites (tertiary alicyclic amines) is 1. The van der Waals surface area contributed by atoms with E-state index in [1.165, 1.54) is 0 Å². The van der Waals surface area contributed by atoms with Crippen LogP contribution in [0.15, 0.2) is 24.3 Å². The molecular formula is C15H21NO3. The van der Waals surface area contributed by atoms with Crippen molar-refractivity contribution in [2.45, 2.75) is 19.8 Å². The lowest BCUT2D eigenvalue weighted by atomic mass is 10.1. The van der Waals surface area contributed by atoms with Gasteiger partial charge in [-0.05, 0) is 19.1 Å². The molecule has 1 aromatic carbocycles. The molecule has 1 aliphatic rings. The Morgan fingerprint density at radius 1 is 1.16 bits per heavy atom. The van der Waals surface area contributed by atoms with Crippen molar-refractivity contribution in [3.8, 4) is 11.5 Å². The van der Waals surface area contributed by atoms with E-state index in [-0.39, 0.29) is 0 Å². The van der Waals surface area contributed by atoms with Gasteiger partial charge < -0.3 is 9.47 Å². The molecule has 0 N–H and O–H groups in total. The zero-order chi connectivity index (χ0) is 13.5. The first-order valence-electron chi connectivity index (χ1n) is 6.87. The van der Waals surface area contributed by atoms with E-state index in [0.717, 1.165) is 31.1 Å². The van der Waals surface area contributed by atoms with Crippen molar-refractivity contribution in [2.24, 2.45) is 0 Å². The third kappa shape index (κ3) is 4.56. The molecule has 104 valence electrons. The number of hydrogen-bond donors (Lipinski definition) is 0. The molecule has 1 saturated heterocycles. The van der Waals surface area contributed by atoms with E-state index in [0.29, 0.717) is 31.8 Å². The average molecular weight is 263 g/mol. The van der Waals surface area contributed by atoms with Crippen LogP contribution in [0.1, 0.15) is 19.8 Å². The monoisotopic (exact) mass is 263 g/mol. The fraction of sp³-hybridized carbons (Fsp3) is 0.533. The fourth-order valence-corrected chi connectivity index (χ4v) is 2.14. The smallest absolute Gasteiger partial charge is 0.135 e. The van der Waals surface area contributed by atoms with Gasteiger partial charge in [0.15, 0.2) is 0 Å². The van der Waals surface area contributed by atoms with Gasteiger partial charge in [0, 0.05) is 38.5 Å². The van der Waals surface area contributed by atoms with Gasteiger partial charge >= 0.3 is 0 Å². The van der Waals surface area contributed by atoms with Crippen LogP contribution in [0.2, 0.25) is 0 Å². The summed E-state index contributed by atoms with van der Waals surface area (Å²) in [6.07, 6.45) is 1.36.